The van der Waals surface area contributed by atoms with E-state index in [2.05, 4.69) is 21.3 Å². The predicted octanol–water partition coefficient (Wildman–Crippen LogP) is 4.05. The summed E-state index contributed by atoms with van der Waals surface area (Å²) in [7, 11) is 0. The lowest BCUT2D eigenvalue weighted by Crippen LogP contribution is -2.01. The largest absolute Gasteiger partial charge is 0.300 e. The molecule has 0 unspecified atom stereocenters. The lowest BCUT2D eigenvalue weighted by atomic mass is 10.1. The van der Waals surface area contributed by atoms with E-state index in [1.165, 1.54) is 0 Å². The molecule has 0 aliphatic heterocycles. The van der Waals surface area contributed by atoms with E-state index in [1.807, 2.05) is 30.7 Å². The highest BCUT2D eigenvalue weighted by Gasteiger charge is 2.14. The molecule has 0 spiro atoms. The summed E-state index contributed by atoms with van der Waals surface area (Å²) in [4.78, 5) is 12.6. The van der Waals surface area contributed by atoms with E-state index >= 15 is 0 Å². The van der Waals surface area contributed by atoms with Crippen molar-refractivity contribution in [3.8, 4) is 16.9 Å². The third kappa shape index (κ3) is 2.64. The fraction of sp³-hybridized carbons (Fsp3) is 0.133. The Morgan fingerprint density at radius 2 is 2.00 bits per heavy atom. The third-order valence-electron chi connectivity index (χ3n) is 3.10. The molecule has 3 aromatic rings. The average molecular weight is 318 g/mol. The highest BCUT2D eigenvalue weighted by atomic mass is 35.5. The number of aromatic nitrogens is 4. The molecule has 0 saturated carbocycles. The monoisotopic (exact) mass is 317 g/mol. The van der Waals surface area contributed by atoms with Crippen LogP contribution in [0.15, 0.2) is 30.6 Å². The minimum absolute atomic E-state index is 0.533. The molecule has 0 fully saturated rings. The Morgan fingerprint density at radius 3 is 2.67 bits per heavy atom. The van der Waals surface area contributed by atoms with Gasteiger partial charge >= 0.3 is 0 Å². The third-order valence-corrected chi connectivity index (χ3v) is 3.65. The molecule has 2 aromatic heterocycles. The highest BCUT2D eigenvalue weighted by Crippen LogP contribution is 2.32. The summed E-state index contributed by atoms with van der Waals surface area (Å²) in [6, 6.07) is 5.31. The van der Waals surface area contributed by atoms with Gasteiger partial charge in [0.05, 0.1) is 22.6 Å². The molecular formula is C15H11Cl2N4. The van der Waals surface area contributed by atoms with Gasteiger partial charge in [0, 0.05) is 16.8 Å². The molecule has 0 aliphatic rings. The Labute approximate surface area is 132 Å². The first-order valence-electron chi connectivity index (χ1n) is 6.27. The van der Waals surface area contributed by atoms with Crippen LogP contribution in [0, 0.1) is 20.2 Å². The summed E-state index contributed by atoms with van der Waals surface area (Å²) in [5.41, 5.74) is 3.19. The molecule has 0 aliphatic carbocycles. The topological polar surface area (TPSA) is 43.6 Å². The number of aryl methyl sites for hydroxylation is 2. The van der Waals surface area contributed by atoms with Crippen molar-refractivity contribution in [3.05, 3.63) is 58.5 Å². The zero-order valence-electron chi connectivity index (χ0n) is 11.4. The van der Waals surface area contributed by atoms with Crippen LogP contribution in [0.3, 0.4) is 0 Å². The lowest BCUT2D eigenvalue weighted by molar-refractivity contribution is 0.949. The molecule has 0 amide bonds. The maximum atomic E-state index is 6.28. The Morgan fingerprint density at radius 1 is 1.19 bits per heavy atom. The van der Waals surface area contributed by atoms with E-state index in [0.717, 1.165) is 22.8 Å². The summed E-state index contributed by atoms with van der Waals surface area (Å²) >= 11 is 12.2. The highest BCUT2D eigenvalue weighted by molar-refractivity contribution is 6.36. The average Bonchev–Trinajstić information content (AvgIpc) is 2.78. The van der Waals surface area contributed by atoms with Gasteiger partial charge < -0.3 is 4.57 Å². The smallest absolute Gasteiger partial charge is 0.198 e. The van der Waals surface area contributed by atoms with Crippen LogP contribution < -0.4 is 0 Å². The molecule has 0 bridgehead atoms. The Kier molecular flexibility index (Phi) is 3.66. The maximum Gasteiger partial charge on any atom is 0.198 e. The van der Waals surface area contributed by atoms with E-state index in [-0.39, 0.29) is 0 Å². The fourth-order valence-electron chi connectivity index (χ4n) is 2.21. The standard InChI is InChI=1S/C15H11Cl2N4/c1-9-7-21(10(2)20-9)14-6-18-8-19-15(14)12-4-3-11(16)5-13(12)17/h3-7H,1-2H3. The van der Waals surface area contributed by atoms with Gasteiger partial charge in [-0.05, 0) is 32.0 Å². The normalized spacial score (nSPS) is 10.9. The van der Waals surface area contributed by atoms with Crippen molar-refractivity contribution in [3.63, 3.8) is 0 Å². The van der Waals surface area contributed by atoms with E-state index < -0.39 is 0 Å². The van der Waals surface area contributed by atoms with Crippen molar-refractivity contribution in [2.75, 3.05) is 0 Å². The second-order valence-electron chi connectivity index (χ2n) is 4.63. The number of hydrogen-bond donors (Lipinski definition) is 0. The van der Waals surface area contributed by atoms with Gasteiger partial charge in [0.15, 0.2) is 6.33 Å². The van der Waals surface area contributed by atoms with Crippen molar-refractivity contribution < 1.29 is 0 Å². The van der Waals surface area contributed by atoms with E-state index in [1.54, 1.807) is 18.3 Å². The van der Waals surface area contributed by atoms with Crippen LogP contribution >= 0.6 is 23.2 Å². The molecule has 0 atom stereocenters. The van der Waals surface area contributed by atoms with Crippen LogP contribution in [0.5, 0.6) is 0 Å². The molecule has 105 valence electrons. The number of rotatable bonds is 2. The van der Waals surface area contributed by atoms with Crippen LogP contribution in [0.25, 0.3) is 16.9 Å². The SMILES string of the molecule is Cc1cn(-c2cn[c]nc2-c2ccc(Cl)cc2Cl)c(C)n1. The maximum absolute atomic E-state index is 6.28. The molecule has 0 N–H and O–H groups in total. The Balaban J connectivity index is 2.23. The number of benzene rings is 1. The van der Waals surface area contributed by atoms with Gasteiger partial charge in [-0.3, -0.25) is 0 Å². The number of halogens is 2. The van der Waals surface area contributed by atoms with Gasteiger partial charge in [-0.1, -0.05) is 23.2 Å². The molecule has 0 saturated heterocycles. The number of hydrogen-bond acceptors (Lipinski definition) is 3. The number of nitrogens with zero attached hydrogens (tertiary/aromatic N) is 4. The van der Waals surface area contributed by atoms with E-state index in [0.29, 0.717) is 15.7 Å². The molecule has 3 rings (SSSR count). The van der Waals surface area contributed by atoms with Crippen LogP contribution in [-0.2, 0) is 0 Å². The minimum Gasteiger partial charge on any atom is -0.300 e. The molecule has 6 heteroatoms. The summed E-state index contributed by atoms with van der Waals surface area (Å²) in [6.07, 6.45) is 6.24. The van der Waals surface area contributed by atoms with E-state index in [9.17, 15) is 0 Å². The molecule has 1 radical (unpaired) electrons. The Bertz CT molecular complexity index is 811. The summed E-state index contributed by atoms with van der Waals surface area (Å²) in [5, 5.41) is 1.11. The fourth-order valence-corrected chi connectivity index (χ4v) is 2.70. The summed E-state index contributed by atoms with van der Waals surface area (Å²) in [6.45, 7) is 3.87. The van der Waals surface area contributed by atoms with Gasteiger partial charge in [0.2, 0.25) is 0 Å². The first-order valence-corrected chi connectivity index (χ1v) is 7.03. The van der Waals surface area contributed by atoms with Crippen molar-refractivity contribution in [2.45, 2.75) is 13.8 Å². The van der Waals surface area contributed by atoms with Crippen molar-refractivity contribution >= 4 is 23.2 Å². The molecule has 21 heavy (non-hydrogen) atoms. The van der Waals surface area contributed by atoms with Gasteiger partial charge in [-0.25, -0.2) is 15.0 Å². The summed E-state index contributed by atoms with van der Waals surface area (Å²) < 4.78 is 1.93. The van der Waals surface area contributed by atoms with Gasteiger partial charge in [-0.2, -0.15) is 0 Å². The Hall–Kier alpha value is -1.91. The van der Waals surface area contributed by atoms with Crippen molar-refractivity contribution in [1.29, 1.82) is 0 Å². The number of imidazole rings is 1. The first-order chi connectivity index (χ1) is 10.1. The first kappa shape index (κ1) is 14.0. The van der Waals surface area contributed by atoms with Crippen molar-refractivity contribution in [2.24, 2.45) is 0 Å². The van der Waals surface area contributed by atoms with Gasteiger partial charge in [0.25, 0.3) is 0 Å². The van der Waals surface area contributed by atoms with Crippen molar-refractivity contribution in [1.82, 2.24) is 19.5 Å². The predicted molar refractivity (Wildman–Crippen MR) is 82.9 cm³/mol. The lowest BCUT2D eigenvalue weighted by Gasteiger charge is -2.11. The second-order valence-corrected chi connectivity index (χ2v) is 5.47. The quantitative estimate of drug-likeness (QED) is 0.716. The van der Waals surface area contributed by atoms with Crippen LogP contribution in [0.4, 0.5) is 0 Å². The molecule has 1 aromatic carbocycles. The van der Waals surface area contributed by atoms with Crippen LogP contribution in [-0.4, -0.2) is 19.5 Å². The van der Waals surface area contributed by atoms with Crippen LogP contribution in [0.2, 0.25) is 10.0 Å². The molecular weight excluding hydrogens is 307 g/mol. The zero-order chi connectivity index (χ0) is 15.0. The zero-order valence-corrected chi connectivity index (χ0v) is 12.9. The minimum atomic E-state index is 0.533. The van der Waals surface area contributed by atoms with E-state index in [4.69, 9.17) is 23.2 Å². The van der Waals surface area contributed by atoms with Crippen LogP contribution in [0.1, 0.15) is 11.5 Å². The molecule has 4 nitrogen and oxygen atoms in total. The molecule has 2 heterocycles. The van der Waals surface area contributed by atoms with Gasteiger partial charge in [-0.15, -0.1) is 0 Å². The summed E-state index contributed by atoms with van der Waals surface area (Å²) in [5.74, 6) is 0.855. The second kappa shape index (κ2) is 5.47. The van der Waals surface area contributed by atoms with Gasteiger partial charge in [0.1, 0.15) is 11.5 Å².